The molecule has 0 fully saturated rings. The molecule has 0 bridgehead atoms. The number of hydrogen-bond acceptors (Lipinski definition) is 4. The highest BCUT2D eigenvalue weighted by atomic mass is 32.2. The lowest BCUT2D eigenvalue weighted by Gasteiger charge is -2.11. The van der Waals surface area contributed by atoms with Gasteiger partial charge in [0, 0.05) is 13.1 Å². The van der Waals surface area contributed by atoms with Crippen LogP contribution in [0.25, 0.3) is 0 Å². The molecule has 0 amide bonds. The number of nitrogens with one attached hydrogen (secondary N) is 1. The average molecular weight is 267 g/mol. The zero-order valence-corrected chi connectivity index (χ0v) is 11.4. The molecule has 0 atom stereocenters. The zero-order chi connectivity index (χ0) is 13.6. The third-order valence-corrected chi connectivity index (χ3v) is 3.70. The Balaban J connectivity index is 2.68. The number of hydrogen-bond donors (Lipinski definition) is 1. The van der Waals surface area contributed by atoms with E-state index in [0.717, 1.165) is 0 Å². The monoisotopic (exact) mass is 267 g/mol. The van der Waals surface area contributed by atoms with Gasteiger partial charge in [0.15, 0.2) is 0 Å². The first-order valence-electron chi connectivity index (χ1n) is 5.54. The van der Waals surface area contributed by atoms with E-state index >= 15 is 0 Å². The van der Waals surface area contributed by atoms with E-state index in [2.05, 4.69) is 4.72 Å². The van der Waals surface area contributed by atoms with Gasteiger partial charge in [-0.3, -0.25) is 0 Å². The first-order valence-corrected chi connectivity index (χ1v) is 7.20. The summed E-state index contributed by atoms with van der Waals surface area (Å²) in [6.07, 6.45) is 0. The molecule has 98 valence electrons. The highest BCUT2D eigenvalue weighted by molar-refractivity contribution is 7.88. The van der Waals surface area contributed by atoms with E-state index < -0.39 is 10.0 Å². The van der Waals surface area contributed by atoms with Crippen LogP contribution in [-0.2, 0) is 15.8 Å². The van der Waals surface area contributed by atoms with Gasteiger partial charge in [-0.15, -0.1) is 0 Å². The van der Waals surface area contributed by atoms with Gasteiger partial charge in [-0.2, -0.15) is 5.26 Å². The molecule has 0 radical (unpaired) electrons. The highest BCUT2D eigenvalue weighted by Gasteiger charge is 2.13. The topological polar surface area (TPSA) is 73.2 Å². The maximum Gasteiger partial charge on any atom is 0.215 e. The van der Waals surface area contributed by atoms with Gasteiger partial charge >= 0.3 is 0 Å². The molecule has 0 aliphatic heterocycles. The van der Waals surface area contributed by atoms with Crippen molar-refractivity contribution in [3.63, 3.8) is 0 Å². The molecule has 1 aromatic rings. The van der Waals surface area contributed by atoms with Gasteiger partial charge in [0.2, 0.25) is 10.0 Å². The molecule has 5 nitrogen and oxygen atoms in total. The van der Waals surface area contributed by atoms with Crippen LogP contribution in [0.15, 0.2) is 24.3 Å². The summed E-state index contributed by atoms with van der Waals surface area (Å²) < 4.78 is 26.1. The van der Waals surface area contributed by atoms with Crippen molar-refractivity contribution >= 4 is 10.0 Å². The van der Waals surface area contributed by atoms with Gasteiger partial charge in [-0.1, -0.05) is 18.2 Å². The van der Waals surface area contributed by atoms with Gasteiger partial charge in [0.1, 0.15) is 0 Å². The van der Waals surface area contributed by atoms with Crippen molar-refractivity contribution in [1.29, 1.82) is 5.26 Å². The van der Waals surface area contributed by atoms with Crippen LogP contribution in [0, 0.1) is 11.3 Å². The molecule has 6 heteroatoms. The molecule has 0 heterocycles. The SMILES string of the molecule is CN(C)CCNS(=O)(=O)Cc1ccccc1C#N. The normalized spacial score (nSPS) is 11.4. The predicted molar refractivity (Wildman–Crippen MR) is 70.3 cm³/mol. The Labute approximate surface area is 108 Å². The van der Waals surface area contributed by atoms with Gasteiger partial charge in [-0.05, 0) is 25.7 Å². The fourth-order valence-electron chi connectivity index (χ4n) is 1.44. The Morgan fingerprint density at radius 1 is 1.33 bits per heavy atom. The summed E-state index contributed by atoms with van der Waals surface area (Å²) >= 11 is 0. The Hall–Kier alpha value is -1.42. The quantitative estimate of drug-likeness (QED) is 0.816. The molecule has 0 aromatic heterocycles. The minimum Gasteiger partial charge on any atom is -0.308 e. The minimum absolute atomic E-state index is 0.163. The van der Waals surface area contributed by atoms with E-state index in [1.807, 2.05) is 25.1 Å². The molecule has 0 unspecified atom stereocenters. The molecular weight excluding hydrogens is 250 g/mol. The van der Waals surface area contributed by atoms with Crippen molar-refractivity contribution in [2.75, 3.05) is 27.2 Å². The van der Waals surface area contributed by atoms with Crippen LogP contribution in [0.1, 0.15) is 11.1 Å². The second kappa shape index (κ2) is 6.50. The second-order valence-electron chi connectivity index (χ2n) is 4.23. The molecular formula is C12H17N3O2S. The van der Waals surface area contributed by atoms with E-state index in [0.29, 0.717) is 24.2 Å². The van der Waals surface area contributed by atoms with Gasteiger partial charge in [-0.25, -0.2) is 13.1 Å². The van der Waals surface area contributed by atoms with E-state index in [-0.39, 0.29) is 5.75 Å². The van der Waals surface area contributed by atoms with E-state index in [1.54, 1.807) is 24.3 Å². The number of benzene rings is 1. The zero-order valence-electron chi connectivity index (χ0n) is 10.5. The number of nitrogens with zero attached hydrogens (tertiary/aromatic N) is 2. The fraction of sp³-hybridized carbons (Fsp3) is 0.417. The van der Waals surface area contributed by atoms with Gasteiger partial charge in [0.25, 0.3) is 0 Å². The van der Waals surface area contributed by atoms with Crippen molar-refractivity contribution in [2.24, 2.45) is 0 Å². The molecule has 0 aliphatic carbocycles. The van der Waals surface area contributed by atoms with E-state index in [4.69, 9.17) is 5.26 Å². The van der Waals surface area contributed by atoms with Crippen LogP contribution in [0.3, 0.4) is 0 Å². The Morgan fingerprint density at radius 3 is 2.61 bits per heavy atom. The summed E-state index contributed by atoms with van der Waals surface area (Å²) in [5, 5.41) is 8.89. The lowest BCUT2D eigenvalue weighted by atomic mass is 10.1. The summed E-state index contributed by atoms with van der Waals surface area (Å²) in [5.74, 6) is -0.163. The standard InChI is InChI=1S/C12H17N3O2S/c1-15(2)8-7-14-18(16,17)10-12-6-4-3-5-11(12)9-13/h3-6,14H,7-8,10H2,1-2H3. The van der Waals surface area contributed by atoms with Crippen molar-refractivity contribution < 1.29 is 8.42 Å². The average Bonchev–Trinajstić information content (AvgIpc) is 2.28. The van der Waals surface area contributed by atoms with Crippen LogP contribution in [0.2, 0.25) is 0 Å². The third-order valence-electron chi connectivity index (χ3n) is 2.36. The third kappa shape index (κ3) is 4.84. The van der Waals surface area contributed by atoms with Crippen LogP contribution in [-0.4, -0.2) is 40.5 Å². The van der Waals surface area contributed by atoms with Crippen molar-refractivity contribution in [2.45, 2.75) is 5.75 Å². The highest BCUT2D eigenvalue weighted by Crippen LogP contribution is 2.10. The van der Waals surface area contributed by atoms with Crippen LogP contribution >= 0.6 is 0 Å². The molecule has 18 heavy (non-hydrogen) atoms. The predicted octanol–water partition coefficient (Wildman–Crippen LogP) is 0.539. The first-order chi connectivity index (χ1) is 8.44. The summed E-state index contributed by atoms with van der Waals surface area (Å²) in [4.78, 5) is 1.89. The Bertz CT molecular complexity index is 532. The molecule has 1 rings (SSSR count). The second-order valence-corrected chi connectivity index (χ2v) is 6.03. The van der Waals surface area contributed by atoms with Crippen molar-refractivity contribution in [3.8, 4) is 6.07 Å². The number of likely N-dealkylation sites (N-methyl/N-ethyl adjacent to an activating group) is 1. The first kappa shape index (κ1) is 14.6. The molecule has 0 saturated carbocycles. The number of nitriles is 1. The lowest BCUT2D eigenvalue weighted by Crippen LogP contribution is -2.32. The van der Waals surface area contributed by atoms with E-state index in [1.165, 1.54) is 0 Å². The Morgan fingerprint density at radius 2 is 2.00 bits per heavy atom. The largest absolute Gasteiger partial charge is 0.308 e. The molecule has 1 aromatic carbocycles. The summed E-state index contributed by atoms with van der Waals surface area (Å²) in [6, 6.07) is 8.71. The molecule has 0 saturated heterocycles. The maximum atomic E-state index is 11.8. The van der Waals surface area contributed by atoms with Crippen molar-refractivity contribution in [1.82, 2.24) is 9.62 Å². The molecule has 0 spiro atoms. The van der Waals surface area contributed by atoms with Crippen LogP contribution in [0.5, 0.6) is 0 Å². The van der Waals surface area contributed by atoms with E-state index in [9.17, 15) is 8.42 Å². The smallest absolute Gasteiger partial charge is 0.215 e. The summed E-state index contributed by atoms with van der Waals surface area (Å²) in [5.41, 5.74) is 0.924. The fourth-order valence-corrected chi connectivity index (χ4v) is 2.60. The molecule has 0 aliphatic rings. The van der Waals surface area contributed by atoms with Crippen LogP contribution in [0.4, 0.5) is 0 Å². The minimum atomic E-state index is -3.39. The van der Waals surface area contributed by atoms with Crippen molar-refractivity contribution in [3.05, 3.63) is 35.4 Å². The van der Waals surface area contributed by atoms with Gasteiger partial charge in [0.05, 0.1) is 17.4 Å². The Kier molecular flexibility index (Phi) is 5.28. The number of rotatable bonds is 6. The van der Waals surface area contributed by atoms with Crippen LogP contribution < -0.4 is 4.72 Å². The maximum absolute atomic E-state index is 11.8. The van der Waals surface area contributed by atoms with Gasteiger partial charge < -0.3 is 4.90 Å². The molecule has 1 N–H and O–H groups in total. The summed E-state index contributed by atoms with van der Waals surface area (Å²) in [6.45, 7) is 1.00. The summed E-state index contributed by atoms with van der Waals surface area (Å²) in [7, 11) is 0.358. The number of sulfonamides is 1. The lowest BCUT2D eigenvalue weighted by molar-refractivity contribution is 0.412.